The van der Waals surface area contributed by atoms with E-state index in [-0.39, 0.29) is 6.04 Å². The molecule has 6 nitrogen and oxygen atoms in total. The molecule has 2 heterocycles. The largest absolute Gasteiger partial charge is 0.310 e. The molecular formula is C13H20N6. The summed E-state index contributed by atoms with van der Waals surface area (Å²) < 4.78 is 1.97. The van der Waals surface area contributed by atoms with Crippen LogP contribution in [0.3, 0.4) is 0 Å². The molecule has 0 aliphatic carbocycles. The smallest absolute Gasteiger partial charge is 0.138 e. The van der Waals surface area contributed by atoms with Gasteiger partial charge in [-0.15, -0.1) is 0 Å². The van der Waals surface area contributed by atoms with Gasteiger partial charge in [0, 0.05) is 25.2 Å². The average Bonchev–Trinajstić information content (AvgIpc) is 2.87. The first-order valence-corrected chi connectivity index (χ1v) is 6.71. The Bertz CT molecular complexity index is 481. The Balaban J connectivity index is 2.14. The first-order valence-electron chi connectivity index (χ1n) is 6.71. The van der Waals surface area contributed by atoms with Crippen LogP contribution >= 0.6 is 0 Å². The van der Waals surface area contributed by atoms with Crippen LogP contribution in [-0.2, 0) is 13.0 Å². The van der Waals surface area contributed by atoms with Crippen LogP contribution in [0, 0.1) is 0 Å². The van der Waals surface area contributed by atoms with Crippen molar-refractivity contribution < 1.29 is 0 Å². The van der Waals surface area contributed by atoms with Gasteiger partial charge in [-0.05, 0) is 24.6 Å². The molecule has 2 aromatic heterocycles. The summed E-state index contributed by atoms with van der Waals surface area (Å²) in [7, 11) is 0. The van der Waals surface area contributed by atoms with Crippen molar-refractivity contribution in [2.75, 3.05) is 6.54 Å². The molecule has 0 saturated carbocycles. The maximum Gasteiger partial charge on any atom is 0.138 e. The van der Waals surface area contributed by atoms with E-state index < -0.39 is 0 Å². The van der Waals surface area contributed by atoms with Gasteiger partial charge < -0.3 is 5.32 Å². The van der Waals surface area contributed by atoms with Crippen molar-refractivity contribution in [2.45, 2.75) is 39.3 Å². The van der Waals surface area contributed by atoms with E-state index in [9.17, 15) is 0 Å². The van der Waals surface area contributed by atoms with E-state index in [1.54, 1.807) is 18.7 Å². The molecule has 0 amide bonds. The molecule has 2 rings (SSSR count). The van der Waals surface area contributed by atoms with Crippen LogP contribution in [0.15, 0.2) is 24.8 Å². The van der Waals surface area contributed by atoms with Crippen molar-refractivity contribution in [1.82, 2.24) is 30.3 Å². The highest BCUT2D eigenvalue weighted by molar-refractivity contribution is 5.13. The summed E-state index contributed by atoms with van der Waals surface area (Å²) in [4.78, 5) is 4.36. The van der Waals surface area contributed by atoms with Gasteiger partial charge in [-0.3, -0.25) is 4.68 Å². The molecule has 0 aromatic carbocycles. The van der Waals surface area contributed by atoms with Crippen molar-refractivity contribution in [3.8, 4) is 0 Å². The maximum atomic E-state index is 4.36. The fourth-order valence-electron chi connectivity index (χ4n) is 2.09. The molecule has 1 N–H and O–H groups in total. The number of hydrogen-bond donors (Lipinski definition) is 1. The molecular weight excluding hydrogens is 240 g/mol. The lowest BCUT2D eigenvalue weighted by Gasteiger charge is -2.17. The Hall–Kier alpha value is -1.82. The van der Waals surface area contributed by atoms with Gasteiger partial charge in [0.2, 0.25) is 0 Å². The van der Waals surface area contributed by atoms with Crippen molar-refractivity contribution in [3.05, 3.63) is 36.2 Å². The van der Waals surface area contributed by atoms with Gasteiger partial charge in [0.1, 0.15) is 12.2 Å². The molecule has 0 radical (unpaired) electrons. The average molecular weight is 260 g/mol. The lowest BCUT2D eigenvalue weighted by Crippen LogP contribution is -2.24. The minimum Gasteiger partial charge on any atom is -0.310 e. The topological polar surface area (TPSA) is 68.5 Å². The highest BCUT2D eigenvalue weighted by atomic mass is 15.3. The zero-order chi connectivity index (χ0) is 13.5. The predicted molar refractivity (Wildman–Crippen MR) is 72.5 cm³/mol. The Morgan fingerprint density at radius 3 is 2.89 bits per heavy atom. The van der Waals surface area contributed by atoms with Crippen LogP contribution < -0.4 is 5.32 Å². The molecule has 0 spiro atoms. The minimum absolute atomic E-state index is 0.195. The summed E-state index contributed by atoms with van der Waals surface area (Å²) in [6.45, 7) is 6.04. The lowest BCUT2D eigenvalue weighted by atomic mass is 10.1. The minimum atomic E-state index is 0.195. The number of hydrogen-bond acceptors (Lipinski definition) is 5. The van der Waals surface area contributed by atoms with Crippen molar-refractivity contribution in [2.24, 2.45) is 0 Å². The van der Waals surface area contributed by atoms with Crippen LogP contribution in [0.5, 0.6) is 0 Å². The Kier molecular flexibility index (Phi) is 4.97. The fraction of sp³-hybridized carbons (Fsp3) is 0.538. The molecule has 1 unspecified atom stereocenters. The molecule has 19 heavy (non-hydrogen) atoms. The number of likely N-dealkylation sites (N-methyl/N-ethyl adjacent to an activating group) is 1. The van der Waals surface area contributed by atoms with Gasteiger partial charge in [-0.25, -0.2) is 4.98 Å². The van der Waals surface area contributed by atoms with Crippen LogP contribution in [-0.4, -0.2) is 31.5 Å². The van der Waals surface area contributed by atoms with E-state index in [0.29, 0.717) is 0 Å². The molecule has 0 bridgehead atoms. The van der Waals surface area contributed by atoms with E-state index in [2.05, 4.69) is 39.4 Å². The van der Waals surface area contributed by atoms with E-state index in [4.69, 9.17) is 0 Å². The maximum absolute atomic E-state index is 4.36. The second-order valence-corrected chi connectivity index (χ2v) is 4.39. The quantitative estimate of drug-likeness (QED) is 0.814. The van der Waals surface area contributed by atoms with Gasteiger partial charge in [-0.2, -0.15) is 15.3 Å². The molecule has 1 atom stereocenters. The third-order valence-electron chi connectivity index (χ3n) is 2.98. The summed E-state index contributed by atoms with van der Waals surface area (Å²) >= 11 is 0. The zero-order valence-electron chi connectivity index (χ0n) is 11.5. The normalized spacial score (nSPS) is 12.5. The molecule has 2 aromatic rings. The fourth-order valence-corrected chi connectivity index (χ4v) is 2.09. The highest BCUT2D eigenvalue weighted by Gasteiger charge is 2.15. The second kappa shape index (κ2) is 6.94. The van der Waals surface area contributed by atoms with Crippen LogP contribution in [0.4, 0.5) is 0 Å². The lowest BCUT2D eigenvalue weighted by molar-refractivity contribution is 0.497. The number of nitrogens with zero attached hydrogens (tertiary/aromatic N) is 5. The summed E-state index contributed by atoms with van der Waals surface area (Å²) in [6, 6.07) is 2.18. The summed E-state index contributed by atoms with van der Waals surface area (Å²) in [6.07, 6.45) is 7.00. The van der Waals surface area contributed by atoms with Gasteiger partial charge >= 0.3 is 0 Å². The van der Waals surface area contributed by atoms with E-state index in [1.807, 2.05) is 10.7 Å². The highest BCUT2D eigenvalue weighted by Crippen LogP contribution is 2.16. The third-order valence-corrected chi connectivity index (χ3v) is 2.98. The third kappa shape index (κ3) is 3.57. The van der Waals surface area contributed by atoms with Gasteiger partial charge in [0.25, 0.3) is 0 Å². The predicted octanol–water partition coefficient (Wildman–Crippen LogP) is 1.37. The molecule has 102 valence electrons. The van der Waals surface area contributed by atoms with Crippen molar-refractivity contribution in [3.63, 3.8) is 0 Å². The molecule has 0 saturated heterocycles. The van der Waals surface area contributed by atoms with Crippen LogP contribution in [0.1, 0.15) is 37.7 Å². The first kappa shape index (κ1) is 13.6. The second-order valence-electron chi connectivity index (χ2n) is 4.39. The van der Waals surface area contributed by atoms with Crippen LogP contribution in [0.25, 0.3) is 0 Å². The van der Waals surface area contributed by atoms with Crippen LogP contribution in [0.2, 0.25) is 0 Å². The molecule has 0 fully saturated rings. The van der Waals surface area contributed by atoms with Gasteiger partial charge in [0.05, 0.1) is 6.20 Å². The van der Waals surface area contributed by atoms with E-state index >= 15 is 0 Å². The van der Waals surface area contributed by atoms with E-state index in [1.165, 1.54) is 0 Å². The van der Waals surface area contributed by atoms with Crippen molar-refractivity contribution in [1.29, 1.82) is 0 Å². The standard InChI is InChI=1S/C13H20N6/c1-3-7-19-13(15-10-18-19)8-12(14-4-2)11-5-6-16-17-9-11/h5-6,9-10,12,14H,3-4,7-8H2,1-2H3. The van der Waals surface area contributed by atoms with Gasteiger partial charge in [0.15, 0.2) is 0 Å². The number of aryl methyl sites for hydroxylation is 1. The summed E-state index contributed by atoms with van der Waals surface area (Å²) in [5.74, 6) is 1.00. The molecule has 6 heteroatoms. The van der Waals surface area contributed by atoms with Crippen molar-refractivity contribution >= 4 is 0 Å². The Morgan fingerprint density at radius 1 is 1.32 bits per heavy atom. The SMILES string of the molecule is CCCn1ncnc1CC(NCC)c1ccnnc1. The molecule has 0 aliphatic rings. The Morgan fingerprint density at radius 2 is 2.21 bits per heavy atom. The monoisotopic (exact) mass is 260 g/mol. The van der Waals surface area contributed by atoms with E-state index in [0.717, 1.165) is 37.3 Å². The summed E-state index contributed by atoms with van der Waals surface area (Å²) in [5.41, 5.74) is 1.13. The zero-order valence-corrected chi connectivity index (χ0v) is 11.5. The first-order chi connectivity index (χ1) is 9.35. The Labute approximate surface area is 113 Å². The number of aromatic nitrogens is 5. The van der Waals surface area contributed by atoms with Gasteiger partial charge in [-0.1, -0.05) is 13.8 Å². The summed E-state index contributed by atoms with van der Waals surface area (Å²) in [5, 5.41) is 15.5. The molecule has 0 aliphatic heterocycles. The number of rotatable bonds is 7. The number of nitrogens with one attached hydrogen (secondary N) is 1.